The molecule has 1 N–H and O–H groups in total. The summed E-state index contributed by atoms with van der Waals surface area (Å²) in [6.07, 6.45) is 0. The number of aromatic amines is 1. The highest BCUT2D eigenvalue weighted by Gasteiger charge is 2.50. The Hall–Kier alpha value is -2.93. The van der Waals surface area contributed by atoms with Gasteiger partial charge >= 0.3 is 0 Å². The summed E-state index contributed by atoms with van der Waals surface area (Å²) in [5.74, 6) is 0. The first-order valence-electron chi connectivity index (χ1n) is 9.13. The molecule has 144 valence electrons. The highest BCUT2D eigenvalue weighted by atomic mass is 28.4. The number of hydrogen-bond donors (Lipinski definition) is 1. The Balaban J connectivity index is 2.07. The van der Waals surface area contributed by atoms with Gasteiger partial charge in [-0.25, -0.2) is 0 Å². The van der Waals surface area contributed by atoms with Gasteiger partial charge in [0.1, 0.15) is 5.69 Å². The van der Waals surface area contributed by atoms with Crippen molar-refractivity contribution in [3.8, 4) is 0 Å². The molecule has 0 aliphatic carbocycles. The Morgan fingerprint density at radius 2 is 1.61 bits per heavy atom. The Kier molecular flexibility index (Phi) is 5.94. The number of hydrogen-bond acceptors (Lipinski definition) is 4. The maximum absolute atomic E-state index is 8.60. The molecule has 0 unspecified atom stereocenters. The summed E-state index contributed by atoms with van der Waals surface area (Å²) in [6, 6.07) is 20.8. The van der Waals surface area contributed by atoms with E-state index in [0.29, 0.717) is 18.0 Å². The number of benzene rings is 2. The van der Waals surface area contributed by atoms with Gasteiger partial charge in [-0.2, -0.15) is 0 Å². The standard InChI is InChI=1S/C20H24N6OSi/c1-20(2,3)28(16-10-6-4-7-11-16,17-12-8-5-9-13-17)27-15-19-18(14-22-25-21)23-26-24-19/h4-13H,14-15H2,1-3H3,(H,23,24,26). The fraction of sp³-hybridized carbons (Fsp3) is 0.300. The van der Waals surface area contributed by atoms with Crippen molar-refractivity contribution in [2.24, 2.45) is 5.11 Å². The molecule has 0 radical (unpaired) electrons. The third-order valence-electron chi connectivity index (χ3n) is 4.84. The van der Waals surface area contributed by atoms with Crippen LogP contribution in [-0.2, 0) is 17.6 Å². The maximum Gasteiger partial charge on any atom is 0.261 e. The lowest BCUT2D eigenvalue weighted by Crippen LogP contribution is -2.66. The van der Waals surface area contributed by atoms with Crippen LogP contribution in [0.5, 0.6) is 0 Å². The zero-order valence-corrected chi connectivity index (χ0v) is 17.3. The number of aromatic nitrogens is 3. The quantitative estimate of drug-likeness (QED) is 0.287. The molecule has 0 fully saturated rings. The first kappa shape index (κ1) is 19.8. The Morgan fingerprint density at radius 3 is 2.11 bits per heavy atom. The van der Waals surface area contributed by atoms with Gasteiger partial charge in [-0.05, 0) is 20.9 Å². The predicted molar refractivity (Wildman–Crippen MR) is 112 cm³/mol. The average molecular weight is 393 g/mol. The lowest BCUT2D eigenvalue weighted by molar-refractivity contribution is 0.280. The van der Waals surface area contributed by atoms with Crippen LogP contribution < -0.4 is 10.4 Å². The Labute approximate surface area is 165 Å². The molecule has 2 aromatic carbocycles. The molecule has 7 nitrogen and oxygen atoms in total. The molecule has 0 atom stereocenters. The van der Waals surface area contributed by atoms with Crippen LogP contribution >= 0.6 is 0 Å². The van der Waals surface area contributed by atoms with Gasteiger partial charge in [-0.15, -0.1) is 5.10 Å². The molecule has 1 heterocycles. The van der Waals surface area contributed by atoms with Crippen LogP contribution in [0.1, 0.15) is 32.2 Å². The number of nitrogens with one attached hydrogen (secondary N) is 1. The van der Waals surface area contributed by atoms with E-state index in [0.717, 1.165) is 0 Å². The van der Waals surface area contributed by atoms with E-state index in [4.69, 9.17) is 9.96 Å². The Morgan fingerprint density at radius 1 is 1.04 bits per heavy atom. The van der Waals surface area contributed by atoms with Crippen molar-refractivity contribution in [3.63, 3.8) is 0 Å². The number of nitrogens with zero attached hydrogens (tertiary/aromatic N) is 5. The molecular weight excluding hydrogens is 368 g/mol. The Bertz CT molecular complexity index is 906. The van der Waals surface area contributed by atoms with E-state index in [1.165, 1.54) is 10.4 Å². The molecule has 1 aromatic heterocycles. The van der Waals surface area contributed by atoms with E-state index in [1.807, 2.05) is 12.1 Å². The molecular formula is C20H24N6OSi. The van der Waals surface area contributed by atoms with Crippen LogP contribution in [0.4, 0.5) is 0 Å². The van der Waals surface area contributed by atoms with E-state index in [-0.39, 0.29) is 11.6 Å². The maximum atomic E-state index is 8.60. The summed E-state index contributed by atoms with van der Waals surface area (Å²) in [6.45, 7) is 7.14. The minimum atomic E-state index is -2.64. The van der Waals surface area contributed by atoms with Crippen molar-refractivity contribution in [2.45, 2.75) is 39.0 Å². The molecule has 0 amide bonds. The van der Waals surface area contributed by atoms with Crippen molar-refractivity contribution in [1.82, 2.24) is 15.4 Å². The molecule has 0 saturated heterocycles. The topological polar surface area (TPSA) is 99.6 Å². The number of H-pyrrole nitrogens is 1. The zero-order valence-electron chi connectivity index (χ0n) is 16.3. The van der Waals surface area contributed by atoms with Gasteiger partial charge in [0.15, 0.2) is 0 Å². The van der Waals surface area contributed by atoms with Gasteiger partial charge in [0.05, 0.1) is 18.8 Å². The van der Waals surface area contributed by atoms with Crippen molar-refractivity contribution in [1.29, 1.82) is 0 Å². The van der Waals surface area contributed by atoms with E-state index in [2.05, 4.69) is 94.7 Å². The molecule has 0 bridgehead atoms. The van der Waals surface area contributed by atoms with Crippen LogP contribution in [-0.4, -0.2) is 23.7 Å². The molecule has 0 aliphatic rings. The molecule has 3 rings (SSSR count). The summed E-state index contributed by atoms with van der Waals surface area (Å²) in [4.78, 5) is 2.81. The molecule has 3 aromatic rings. The van der Waals surface area contributed by atoms with E-state index >= 15 is 0 Å². The third-order valence-corrected chi connectivity index (χ3v) is 9.82. The molecule has 0 spiro atoms. The van der Waals surface area contributed by atoms with Crippen molar-refractivity contribution in [3.05, 3.63) is 82.5 Å². The fourth-order valence-corrected chi connectivity index (χ4v) is 8.06. The van der Waals surface area contributed by atoms with Gasteiger partial charge in [0.2, 0.25) is 0 Å². The lowest BCUT2D eigenvalue weighted by atomic mass is 10.2. The average Bonchev–Trinajstić information content (AvgIpc) is 3.15. The van der Waals surface area contributed by atoms with Crippen molar-refractivity contribution < 1.29 is 4.43 Å². The highest BCUT2D eigenvalue weighted by molar-refractivity contribution is 6.99. The highest BCUT2D eigenvalue weighted by Crippen LogP contribution is 2.37. The van der Waals surface area contributed by atoms with Gasteiger partial charge in [-0.3, -0.25) is 5.10 Å². The van der Waals surface area contributed by atoms with E-state index in [1.54, 1.807) is 0 Å². The van der Waals surface area contributed by atoms with Crippen LogP contribution in [0, 0.1) is 0 Å². The second kappa shape index (κ2) is 8.39. The first-order valence-corrected chi connectivity index (χ1v) is 11.0. The summed E-state index contributed by atoms with van der Waals surface area (Å²) in [7, 11) is -2.64. The van der Waals surface area contributed by atoms with Gasteiger partial charge in [-0.1, -0.05) is 91.8 Å². The molecule has 0 saturated carbocycles. The van der Waals surface area contributed by atoms with E-state index < -0.39 is 8.32 Å². The normalized spacial score (nSPS) is 11.8. The minimum Gasteiger partial charge on any atom is -0.401 e. The van der Waals surface area contributed by atoms with Crippen molar-refractivity contribution in [2.75, 3.05) is 0 Å². The first-order chi connectivity index (χ1) is 13.5. The SMILES string of the molecule is CC(C)(C)[Si](OCc1nn[nH]c1CN=[N+]=[N-])(c1ccccc1)c1ccccc1. The number of rotatable bonds is 7. The van der Waals surface area contributed by atoms with Crippen molar-refractivity contribution >= 4 is 18.7 Å². The summed E-state index contributed by atoms with van der Waals surface area (Å²) < 4.78 is 6.81. The summed E-state index contributed by atoms with van der Waals surface area (Å²) in [5.41, 5.74) is 9.94. The lowest BCUT2D eigenvalue weighted by Gasteiger charge is -2.42. The summed E-state index contributed by atoms with van der Waals surface area (Å²) in [5, 5.41) is 16.7. The smallest absolute Gasteiger partial charge is 0.261 e. The van der Waals surface area contributed by atoms with Gasteiger partial charge in [0.25, 0.3) is 8.32 Å². The monoisotopic (exact) mass is 392 g/mol. The molecule has 8 heteroatoms. The summed E-state index contributed by atoms with van der Waals surface area (Å²) >= 11 is 0. The minimum absolute atomic E-state index is 0.121. The predicted octanol–water partition coefficient (Wildman–Crippen LogP) is 3.69. The zero-order chi connectivity index (χ0) is 20.0. The van der Waals surface area contributed by atoms with Crippen LogP contribution in [0.2, 0.25) is 5.04 Å². The van der Waals surface area contributed by atoms with Crippen LogP contribution in [0.25, 0.3) is 10.4 Å². The second-order valence-corrected chi connectivity index (χ2v) is 11.9. The third kappa shape index (κ3) is 3.84. The van der Waals surface area contributed by atoms with Crippen LogP contribution in [0.3, 0.4) is 0 Å². The van der Waals surface area contributed by atoms with E-state index in [9.17, 15) is 0 Å². The van der Waals surface area contributed by atoms with Gasteiger partial charge in [0, 0.05) is 4.91 Å². The molecule has 0 aliphatic heterocycles. The largest absolute Gasteiger partial charge is 0.401 e. The number of azide groups is 1. The van der Waals surface area contributed by atoms with Crippen LogP contribution in [0.15, 0.2) is 65.8 Å². The fourth-order valence-electron chi connectivity index (χ4n) is 3.55. The van der Waals surface area contributed by atoms with Gasteiger partial charge < -0.3 is 4.43 Å². The second-order valence-electron chi connectivity index (χ2n) is 7.58. The molecule has 28 heavy (non-hydrogen) atoms.